The summed E-state index contributed by atoms with van der Waals surface area (Å²) in [5, 5.41) is 3.41. The van der Waals surface area contributed by atoms with E-state index < -0.39 is 9.84 Å². The van der Waals surface area contributed by atoms with Crippen LogP contribution in [0.3, 0.4) is 0 Å². The van der Waals surface area contributed by atoms with Gasteiger partial charge in [0.15, 0.2) is 0 Å². The summed E-state index contributed by atoms with van der Waals surface area (Å²) >= 11 is 0. The Kier molecular flexibility index (Phi) is 5.25. The van der Waals surface area contributed by atoms with Crippen LogP contribution in [-0.2, 0) is 9.84 Å². The Bertz CT molecular complexity index is 289. The van der Waals surface area contributed by atoms with Crippen LogP contribution in [0.2, 0.25) is 0 Å². The Morgan fingerprint density at radius 3 is 2.38 bits per heavy atom. The van der Waals surface area contributed by atoms with Gasteiger partial charge in [-0.15, -0.1) is 0 Å². The Hall–Kier alpha value is -0.0900. The van der Waals surface area contributed by atoms with E-state index in [1.54, 1.807) is 6.92 Å². The monoisotopic (exact) mass is 247 g/mol. The van der Waals surface area contributed by atoms with Gasteiger partial charge in [-0.1, -0.05) is 20.3 Å². The summed E-state index contributed by atoms with van der Waals surface area (Å²) in [6.07, 6.45) is 6.02. The zero-order valence-electron chi connectivity index (χ0n) is 10.6. The Balaban J connectivity index is 2.08. The summed E-state index contributed by atoms with van der Waals surface area (Å²) in [5.74, 6) is 0.599. The van der Waals surface area contributed by atoms with Crippen molar-refractivity contribution in [3.63, 3.8) is 0 Å². The van der Waals surface area contributed by atoms with Crippen LogP contribution in [-0.4, -0.2) is 33.0 Å². The highest BCUT2D eigenvalue weighted by Crippen LogP contribution is 2.42. The van der Waals surface area contributed by atoms with E-state index in [1.165, 1.54) is 25.7 Å². The number of hydrogen-bond acceptors (Lipinski definition) is 3. The first-order valence-electron chi connectivity index (χ1n) is 6.45. The third kappa shape index (κ3) is 4.06. The molecule has 96 valence electrons. The van der Waals surface area contributed by atoms with E-state index in [0.29, 0.717) is 11.2 Å². The molecule has 0 aromatic heterocycles. The van der Waals surface area contributed by atoms with E-state index in [1.807, 2.05) is 0 Å². The first kappa shape index (κ1) is 14.0. The molecule has 1 saturated carbocycles. The molecule has 3 nitrogen and oxygen atoms in total. The molecule has 0 unspecified atom stereocenters. The molecule has 0 heterocycles. The maximum absolute atomic E-state index is 11.3. The maximum atomic E-state index is 11.3. The lowest BCUT2D eigenvalue weighted by Gasteiger charge is -2.41. The number of nitrogens with one attached hydrogen (secondary N) is 1. The predicted molar refractivity (Wildman–Crippen MR) is 68.4 cm³/mol. The van der Waals surface area contributed by atoms with Gasteiger partial charge in [0.05, 0.1) is 5.75 Å². The highest BCUT2D eigenvalue weighted by atomic mass is 32.2. The summed E-state index contributed by atoms with van der Waals surface area (Å²) in [5.41, 5.74) is 0.531. The topological polar surface area (TPSA) is 46.2 Å². The standard InChI is InChI=1S/C12H25NO2S/c1-3-12(7-5-8-12)11-13-9-6-10-16(14,15)4-2/h13H,3-11H2,1-2H3. The van der Waals surface area contributed by atoms with E-state index >= 15 is 0 Å². The number of sulfone groups is 1. The van der Waals surface area contributed by atoms with Gasteiger partial charge in [-0.25, -0.2) is 8.42 Å². The molecule has 0 atom stereocenters. The van der Waals surface area contributed by atoms with Crippen molar-refractivity contribution >= 4 is 9.84 Å². The second-order valence-corrected chi connectivity index (χ2v) is 7.45. The van der Waals surface area contributed by atoms with Crippen LogP contribution >= 0.6 is 0 Å². The van der Waals surface area contributed by atoms with E-state index in [4.69, 9.17) is 0 Å². The average molecular weight is 247 g/mol. The van der Waals surface area contributed by atoms with Gasteiger partial charge in [0.2, 0.25) is 0 Å². The molecule has 16 heavy (non-hydrogen) atoms. The smallest absolute Gasteiger partial charge is 0.150 e. The first-order valence-corrected chi connectivity index (χ1v) is 8.27. The SMILES string of the molecule is CCC1(CNCCCS(=O)(=O)CC)CCC1. The molecule has 0 aromatic rings. The summed E-state index contributed by atoms with van der Waals surface area (Å²) < 4.78 is 22.5. The van der Waals surface area contributed by atoms with Crippen LogP contribution in [0.5, 0.6) is 0 Å². The molecule has 4 heteroatoms. The van der Waals surface area contributed by atoms with Gasteiger partial charge in [-0.3, -0.25) is 0 Å². The molecule has 0 radical (unpaired) electrons. The zero-order valence-corrected chi connectivity index (χ0v) is 11.4. The lowest BCUT2D eigenvalue weighted by Crippen LogP contribution is -2.39. The largest absolute Gasteiger partial charge is 0.316 e. The lowest BCUT2D eigenvalue weighted by atomic mass is 9.67. The second-order valence-electron chi connectivity index (χ2n) is 4.97. The highest BCUT2D eigenvalue weighted by molar-refractivity contribution is 7.91. The normalized spacial score (nSPS) is 19.4. The predicted octanol–water partition coefficient (Wildman–Crippen LogP) is 1.98. The molecule has 0 aromatic carbocycles. The molecule has 0 bridgehead atoms. The van der Waals surface area contributed by atoms with Gasteiger partial charge < -0.3 is 5.32 Å². The molecular weight excluding hydrogens is 222 g/mol. The van der Waals surface area contributed by atoms with Crippen LogP contribution < -0.4 is 5.32 Å². The fourth-order valence-corrected chi connectivity index (χ4v) is 3.12. The van der Waals surface area contributed by atoms with Crippen LogP contribution in [0.15, 0.2) is 0 Å². The zero-order chi connectivity index (χ0) is 12.1. The summed E-state index contributed by atoms with van der Waals surface area (Å²) in [4.78, 5) is 0. The Morgan fingerprint density at radius 1 is 1.25 bits per heavy atom. The van der Waals surface area contributed by atoms with Gasteiger partial charge >= 0.3 is 0 Å². The molecule has 1 aliphatic carbocycles. The summed E-state index contributed by atoms with van der Waals surface area (Å²) in [6, 6.07) is 0. The second kappa shape index (κ2) is 6.01. The molecule has 0 amide bonds. The minimum absolute atomic E-state index is 0.270. The minimum Gasteiger partial charge on any atom is -0.316 e. The molecule has 0 spiro atoms. The van der Waals surface area contributed by atoms with Crippen LogP contribution in [0.1, 0.15) is 46.0 Å². The summed E-state index contributed by atoms with van der Waals surface area (Å²) in [7, 11) is -2.77. The van der Waals surface area contributed by atoms with Gasteiger partial charge in [0, 0.05) is 12.3 Å². The minimum atomic E-state index is -2.77. The molecule has 1 rings (SSSR count). The van der Waals surface area contributed by atoms with Gasteiger partial charge in [-0.05, 0) is 37.6 Å². The fourth-order valence-electron chi connectivity index (χ4n) is 2.25. The number of rotatable bonds is 8. The molecule has 0 saturated heterocycles. The van der Waals surface area contributed by atoms with Crippen molar-refractivity contribution in [2.45, 2.75) is 46.0 Å². The molecule has 1 aliphatic rings. The Morgan fingerprint density at radius 2 is 1.94 bits per heavy atom. The van der Waals surface area contributed by atoms with E-state index in [0.717, 1.165) is 19.5 Å². The van der Waals surface area contributed by atoms with Crippen molar-refractivity contribution in [3.8, 4) is 0 Å². The molecule has 1 N–H and O–H groups in total. The highest BCUT2D eigenvalue weighted by Gasteiger charge is 2.34. The van der Waals surface area contributed by atoms with Gasteiger partial charge in [-0.2, -0.15) is 0 Å². The lowest BCUT2D eigenvalue weighted by molar-refractivity contribution is 0.124. The number of hydrogen-bond donors (Lipinski definition) is 1. The first-order chi connectivity index (χ1) is 7.54. The molecule has 0 aliphatic heterocycles. The van der Waals surface area contributed by atoms with Gasteiger partial charge in [0.25, 0.3) is 0 Å². The van der Waals surface area contributed by atoms with Crippen molar-refractivity contribution in [3.05, 3.63) is 0 Å². The third-order valence-electron chi connectivity index (χ3n) is 3.91. The van der Waals surface area contributed by atoms with E-state index in [-0.39, 0.29) is 5.75 Å². The van der Waals surface area contributed by atoms with Crippen molar-refractivity contribution in [1.29, 1.82) is 0 Å². The maximum Gasteiger partial charge on any atom is 0.150 e. The fraction of sp³-hybridized carbons (Fsp3) is 1.00. The molecular formula is C12H25NO2S. The van der Waals surface area contributed by atoms with E-state index in [9.17, 15) is 8.42 Å². The van der Waals surface area contributed by atoms with Crippen LogP contribution in [0.4, 0.5) is 0 Å². The molecule has 1 fully saturated rings. The van der Waals surface area contributed by atoms with Crippen molar-refractivity contribution < 1.29 is 8.42 Å². The van der Waals surface area contributed by atoms with Crippen molar-refractivity contribution in [2.75, 3.05) is 24.6 Å². The van der Waals surface area contributed by atoms with Crippen LogP contribution in [0.25, 0.3) is 0 Å². The Labute approximate surface area is 99.9 Å². The van der Waals surface area contributed by atoms with E-state index in [2.05, 4.69) is 12.2 Å². The quantitative estimate of drug-likeness (QED) is 0.667. The van der Waals surface area contributed by atoms with Crippen molar-refractivity contribution in [1.82, 2.24) is 5.32 Å². The van der Waals surface area contributed by atoms with Crippen molar-refractivity contribution in [2.24, 2.45) is 5.41 Å². The summed E-state index contributed by atoms with van der Waals surface area (Å²) in [6.45, 7) is 5.86. The third-order valence-corrected chi connectivity index (χ3v) is 5.70. The average Bonchev–Trinajstić information content (AvgIpc) is 2.21. The van der Waals surface area contributed by atoms with Crippen LogP contribution in [0, 0.1) is 5.41 Å². The van der Waals surface area contributed by atoms with Gasteiger partial charge in [0.1, 0.15) is 9.84 Å².